The van der Waals surface area contributed by atoms with Crippen LogP contribution in [0.2, 0.25) is 5.02 Å². The molecule has 3 aromatic rings. The second-order valence-corrected chi connectivity index (χ2v) is 9.72. The van der Waals surface area contributed by atoms with Gasteiger partial charge in [0.15, 0.2) is 0 Å². The lowest BCUT2D eigenvalue weighted by molar-refractivity contribution is -0.119. The van der Waals surface area contributed by atoms with E-state index in [1.54, 1.807) is 37.3 Å². The van der Waals surface area contributed by atoms with Gasteiger partial charge in [-0.15, -0.1) is 0 Å². The molecule has 160 valence electrons. The number of hydrogen-bond donors (Lipinski definition) is 1. The van der Waals surface area contributed by atoms with Gasteiger partial charge < -0.3 is 0 Å². The first kappa shape index (κ1) is 23.0. The maximum absolute atomic E-state index is 13.3. The van der Waals surface area contributed by atoms with Crippen LogP contribution in [0.15, 0.2) is 87.3 Å². The number of carbonyl (C=O) groups excluding carboxylic acids is 1. The number of aryl methyl sites for hydroxylation is 1. The van der Waals surface area contributed by atoms with Crippen LogP contribution in [-0.2, 0) is 14.8 Å². The fourth-order valence-corrected chi connectivity index (χ4v) is 4.84. The summed E-state index contributed by atoms with van der Waals surface area (Å²) in [5, 5.41) is 4.30. The van der Waals surface area contributed by atoms with Crippen LogP contribution < -0.4 is 9.73 Å². The summed E-state index contributed by atoms with van der Waals surface area (Å²) in [5.41, 5.74) is 4.13. The van der Waals surface area contributed by atoms with Crippen LogP contribution in [0.25, 0.3) is 0 Å². The Morgan fingerprint density at radius 2 is 1.77 bits per heavy atom. The van der Waals surface area contributed by atoms with Crippen LogP contribution in [-0.4, -0.2) is 27.1 Å². The van der Waals surface area contributed by atoms with Crippen LogP contribution in [0.5, 0.6) is 0 Å². The summed E-state index contributed by atoms with van der Waals surface area (Å²) in [6.07, 6.45) is 1.47. The van der Waals surface area contributed by atoms with E-state index in [1.807, 2.05) is 24.3 Å². The lowest BCUT2D eigenvalue weighted by Crippen LogP contribution is -2.40. The smallest absolute Gasteiger partial charge is 0.264 e. The standard InChI is InChI=1S/C22H19BrClN3O3S/c1-16-11-12-18(24)13-21(16)27(31(29,30)19-8-3-2-4-9-19)15-22(28)26-25-14-17-7-5-6-10-20(17)23/h2-14H,15H2,1H3,(H,26,28)/b25-14+. The summed E-state index contributed by atoms with van der Waals surface area (Å²) in [5.74, 6) is -0.595. The van der Waals surface area contributed by atoms with Crippen LogP contribution in [0.1, 0.15) is 11.1 Å². The van der Waals surface area contributed by atoms with Crippen molar-refractivity contribution in [1.82, 2.24) is 5.43 Å². The van der Waals surface area contributed by atoms with Crippen molar-refractivity contribution >= 4 is 55.4 Å². The van der Waals surface area contributed by atoms with E-state index in [2.05, 4.69) is 26.5 Å². The minimum atomic E-state index is -4.02. The summed E-state index contributed by atoms with van der Waals surface area (Å²) < 4.78 is 28.5. The van der Waals surface area contributed by atoms with Gasteiger partial charge in [0.1, 0.15) is 6.54 Å². The third-order valence-electron chi connectivity index (χ3n) is 4.36. The van der Waals surface area contributed by atoms with Crippen molar-refractivity contribution in [3.63, 3.8) is 0 Å². The molecule has 0 atom stereocenters. The van der Waals surface area contributed by atoms with Crippen molar-refractivity contribution in [2.75, 3.05) is 10.8 Å². The number of carbonyl (C=O) groups is 1. The highest BCUT2D eigenvalue weighted by Gasteiger charge is 2.28. The van der Waals surface area contributed by atoms with E-state index < -0.39 is 22.5 Å². The van der Waals surface area contributed by atoms with Crippen molar-refractivity contribution in [2.24, 2.45) is 5.10 Å². The molecule has 0 bridgehead atoms. The average Bonchev–Trinajstić information content (AvgIpc) is 2.76. The first-order valence-corrected chi connectivity index (χ1v) is 11.8. The lowest BCUT2D eigenvalue weighted by Gasteiger charge is -2.25. The van der Waals surface area contributed by atoms with Crippen molar-refractivity contribution in [2.45, 2.75) is 11.8 Å². The zero-order valence-electron chi connectivity index (χ0n) is 16.5. The highest BCUT2D eigenvalue weighted by Crippen LogP contribution is 2.29. The van der Waals surface area contributed by atoms with Gasteiger partial charge in [0, 0.05) is 15.1 Å². The minimum Gasteiger partial charge on any atom is -0.271 e. The molecule has 0 radical (unpaired) electrons. The Morgan fingerprint density at radius 1 is 1.10 bits per heavy atom. The Hall–Kier alpha value is -2.68. The van der Waals surface area contributed by atoms with Crippen LogP contribution in [0, 0.1) is 6.92 Å². The molecule has 0 unspecified atom stereocenters. The second kappa shape index (κ2) is 10.1. The van der Waals surface area contributed by atoms with Crippen LogP contribution >= 0.6 is 27.5 Å². The van der Waals surface area contributed by atoms with Crippen LogP contribution in [0.3, 0.4) is 0 Å². The molecular weight excluding hydrogens is 502 g/mol. The number of hydrogen-bond acceptors (Lipinski definition) is 4. The molecule has 0 aliphatic carbocycles. The number of benzene rings is 3. The monoisotopic (exact) mass is 519 g/mol. The lowest BCUT2D eigenvalue weighted by atomic mass is 10.2. The summed E-state index contributed by atoms with van der Waals surface area (Å²) in [7, 11) is -4.02. The number of amides is 1. The number of anilines is 1. The van der Waals surface area contributed by atoms with E-state index in [4.69, 9.17) is 11.6 Å². The van der Waals surface area contributed by atoms with Gasteiger partial charge in [0.2, 0.25) is 0 Å². The number of rotatable bonds is 7. The molecule has 3 aromatic carbocycles. The van der Waals surface area contributed by atoms with Crippen LogP contribution in [0.4, 0.5) is 5.69 Å². The number of nitrogens with one attached hydrogen (secondary N) is 1. The normalized spacial score (nSPS) is 11.5. The molecule has 6 nitrogen and oxygen atoms in total. The van der Waals surface area contributed by atoms with Gasteiger partial charge in [-0.2, -0.15) is 5.10 Å². The Morgan fingerprint density at radius 3 is 2.48 bits per heavy atom. The highest BCUT2D eigenvalue weighted by molar-refractivity contribution is 9.10. The number of halogens is 2. The molecule has 1 amide bonds. The Bertz CT molecular complexity index is 1220. The molecule has 0 saturated heterocycles. The van der Waals surface area contributed by atoms with Gasteiger partial charge in [0.25, 0.3) is 15.9 Å². The molecule has 0 aliphatic heterocycles. The largest absolute Gasteiger partial charge is 0.271 e. The fourth-order valence-electron chi connectivity index (χ4n) is 2.79. The molecule has 9 heteroatoms. The van der Waals surface area contributed by atoms with Gasteiger partial charge in [-0.25, -0.2) is 13.8 Å². The Balaban J connectivity index is 1.89. The molecule has 0 aliphatic rings. The van der Waals surface area contributed by atoms with Crippen molar-refractivity contribution in [3.8, 4) is 0 Å². The number of nitrogens with zero attached hydrogens (tertiary/aromatic N) is 2. The molecule has 0 saturated carbocycles. The van der Waals surface area contributed by atoms with E-state index in [9.17, 15) is 13.2 Å². The third-order valence-corrected chi connectivity index (χ3v) is 7.09. The maximum Gasteiger partial charge on any atom is 0.264 e. The molecule has 0 aromatic heterocycles. The van der Waals surface area contributed by atoms with E-state index >= 15 is 0 Å². The van der Waals surface area contributed by atoms with Gasteiger partial charge in [-0.05, 0) is 42.8 Å². The number of hydrazone groups is 1. The maximum atomic E-state index is 13.3. The van der Waals surface area contributed by atoms with Crippen molar-refractivity contribution in [3.05, 3.63) is 93.4 Å². The molecule has 3 rings (SSSR count). The molecule has 0 spiro atoms. The van der Waals surface area contributed by atoms with E-state index in [1.165, 1.54) is 24.4 Å². The summed E-state index contributed by atoms with van der Waals surface area (Å²) >= 11 is 9.51. The molecular formula is C22H19BrClN3O3S. The average molecular weight is 521 g/mol. The van der Waals surface area contributed by atoms with E-state index in [0.717, 1.165) is 14.3 Å². The molecule has 0 fully saturated rings. The topological polar surface area (TPSA) is 78.8 Å². The zero-order valence-corrected chi connectivity index (χ0v) is 19.7. The predicted octanol–water partition coefficient (Wildman–Crippen LogP) is 4.76. The van der Waals surface area contributed by atoms with Gasteiger partial charge in [-0.1, -0.05) is 70.0 Å². The summed E-state index contributed by atoms with van der Waals surface area (Å²) in [4.78, 5) is 12.7. The SMILES string of the molecule is Cc1ccc(Cl)cc1N(CC(=O)N/N=C/c1ccccc1Br)S(=O)(=O)c1ccccc1. The summed E-state index contributed by atoms with van der Waals surface area (Å²) in [6, 6.07) is 20.2. The van der Waals surface area contributed by atoms with E-state index in [0.29, 0.717) is 16.3 Å². The Labute approximate surface area is 194 Å². The first-order valence-electron chi connectivity index (χ1n) is 9.19. The minimum absolute atomic E-state index is 0.0684. The zero-order chi connectivity index (χ0) is 22.4. The van der Waals surface area contributed by atoms with Gasteiger partial charge in [-0.3, -0.25) is 9.10 Å². The summed E-state index contributed by atoms with van der Waals surface area (Å²) in [6.45, 7) is 1.29. The molecule has 0 heterocycles. The third kappa shape index (κ3) is 5.72. The quantitative estimate of drug-likeness (QED) is 0.360. The second-order valence-electron chi connectivity index (χ2n) is 6.57. The van der Waals surface area contributed by atoms with Crippen molar-refractivity contribution < 1.29 is 13.2 Å². The van der Waals surface area contributed by atoms with Gasteiger partial charge >= 0.3 is 0 Å². The molecule has 31 heavy (non-hydrogen) atoms. The first-order chi connectivity index (χ1) is 14.8. The molecule has 1 N–H and O–H groups in total. The number of sulfonamides is 1. The highest BCUT2D eigenvalue weighted by atomic mass is 79.9. The fraction of sp³-hybridized carbons (Fsp3) is 0.0909. The van der Waals surface area contributed by atoms with E-state index in [-0.39, 0.29) is 4.90 Å². The Kier molecular flexibility index (Phi) is 7.48. The van der Waals surface area contributed by atoms with Gasteiger partial charge in [0.05, 0.1) is 16.8 Å². The predicted molar refractivity (Wildman–Crippen MR) is 127 cm³/mol. The van der Waals surface area contributed by atoms with Crippen molar-refractivity contribution in [1.29, 1.82) is 0 Å².